The molecule has 1 atom stereocenters. The van der Waals surface area contributed by atoms with Gasteiger partial charge in [0.05, 0.1) is 0 Å². The molecule has 0 aliphatic carbocycles. The van der Waals surface area contributed by atoms with Gasteiger partial charge in [-0.1, -0.05) is 0 Å². The first-order chi connectivity index (χ1) is 4.96. The molecule has 2 nitrogen and oxygen atoms in total. The Labute approximate surface area is 76.9 Å². The van der Waals surface area contributed by atoms with Crippen LogP contribution in [0.25, 0.3) is 0 Å². The standard InChI is InChI=1S/C9H21NOS/c1-8(2,3)10-12(7,11)9(4,5)6/h7H2,1-6H3,(H,10,11). The van der Waals surface area contributed by atoms with Crippen molar-refractivity contribution in [1.82, 2.24) is 4.72 Å². The summed E-state index contributed by atoms with van der Waals surface area (Å²) in [4.78, 5) is 0. The van der Waals surface area contributed by atoms with Gasteiger partial charge in [-0.05, 0) is 47.4 Å². The third-order valence-electron chi connectivity index (χ3n) is 1.46. The topological polar surface area (TPSA) is 29.1 Å². The number of hydrogen-bond acceptors (Lipinski definition) is 1. The van der Waals surface area contributed by atoms with Crippen LogP contribution in [0.4, 0.5) is 0 Å². The Morgan fingerprint density at radius 1 is 1.08 bits per heavy atom. The largest absolute Gasteiger partial charge is 0.252 e. The number of hydrogen-bond donors (Lipinski definition) is 1. The Morgan fingerprint density at radius 2 is 1.42 bits per heavy atom. The van der Waals surface area contributed by atoms with Crippen molar-refractivity contribution in [2.24, 2.45) is 0 Å². The normalized spacial score (nSPS) is 18.8. The van der Waals surface area contributed by atoms with Crippen molar-refractivity contribution in [2.75, 3.05) is 0 Å². The van der Waals surface area contributed by atoms with E-state index in [-0.39, 0.29) is 10.3 Å². The van der Waals surface area contributed by atoms with Gasteiger partial charge < -0.3 is 0 Å². The van der Waals surface area contributed by atoms with Crippen LogP contribution < -0.4 is 4.72 Å². The Balaban J connectivity index is 4.70. The lowest BCUT2D eigenvalue weighted by Crippen LogP contribution is -2.48. The highest BCUT2D eigenvalue weighted by Gasteiger charge is 2.26. The predicted molar refractivity (Wildman–Crippen MR) is 57.9 cm³/mol. The van der Waals surface area contributed by atoms with E-state index < -0.39 is 9.71 Å². The van der Waals surface area contributed by atoms with Crippen molar-refractivity contribution in [3.63, 3.8) is 0 Å². The molecule has 0 radical (unpaired) electrons. The molecule has 0 saturated heterocycles. The van der Waals surface area contributed by atoms with E-state index >= 15 is 0 Å². The summed E-state index contributed by atoms with van der Waals surface area (Å²) in [5, 5.41) is 0. The van der Waals surface area contributed by atoms with Gasteiger partial charge in [0.2, 0.25) is 0 Å². The highest BCUT2D eigenvalue weighted by Crippen LogP contribution is 2.16. The molecule has 0 aliphatic heterocycles. The maximum absolute atomic E-state index is 12.0. The third-order valence-corrected chi connectivity index (χ3v) is 4.38. The molecular weight excluding hydrogens is 170 g/mol. The van der Waals surface area contributed by atoms with E-state index in [2.05, 4.69) is 10.6 Å². The summed E-state index contributed by atoms with van der Waals surface area (Å²) < 4.78 is 14.8. The third kappa shape index (κ3) is 3.59. The second-order valence-corrected chi connectivity index (χ2v) is 7.92. The van der Waals surface area contributed by atoms with Crippen molar-refractivity contribution in [3.8, 4) is 0 Å². The van der Waals surface area contributed by atoms with Gasteiger partial charge in [-0.3, -0.25) is 4.21 Å². The van der Waals surface area contributed by atoms with Gasteiger partial charge in [0, 0.05) is 20.0 Å². The average molecular weight is 191 g/mol. The zero-order valence-electron chi connectivity index (χ0n) is 9.02. The fourth-order valence-corrected chi connectivity index (χ4v) is 1.94. The van der Waals surface area contributed by atoms with Crippen LogP contribution in [-0.4, -0.2) is 20.4 Å². The zero-order chi connectivity index (χ0) is 10.2. The lowest BCUT2D eigenvalue weighted by Gasteiger charge is -2.31. The Morgan fingerprint density at radius 3 is 1.50 bits per heavy atom. The Bertz CT molecular complexity index is 239. The summed E-state index contributed by atoms with van der Waals surface area (Å²) in [6, 6.07) is 0. The predicted octanol–water partition coefficient (Wildman–Crippen LogP) is 1.80. The molecule has 0 fully saturated rings. The van der Waals surface area contributed by atoms with Gasteiger partial charge in [-0.15, -0.1) is 0 Å². The molecule has 0 aromatic heterocycles. The molecule has 0 aromatic carbocycles. The van der Waals surface area contributed by atoms with Crippen LogP contribution in [0.5, 0.6) is 0 Å². The summed E-state index contributed by atoms with van der Waals surface area (Å²) >= 11 is 0. The number of rotatable bonds is 1. The average Bonchev–Trinajstić information content (AvgIpc) is 1.52. The van der Waals surface area contributed by atoms with Crippen molar-refractivity contribution in [3.05, 3.63) is 0 Å². The van der Waals surface area contributed by atoms with Crippen molar-refractivity contribution < 1.29 is 4.21 Å². The molecule has 0 amide bonds. The molecule has 3 heteroatoms. The van der Waals surface area contributed by atoms with Gasteiger partial charge in [-0.2, -0.15) is 0 Å². The first-order valence-electron chi connectivity index (χ1n) is 4.11. The molecular formula is C9H21NOS. The maximum Gasteiger partial charge on any atom is 0.0428 e. The summed E-state index contributed by atoms with van der Waals surface area (Å²) in [6.45, 7) is 11.8. The minimum atomic E-state index is -2.21. The fourth-order valence-electron chi connectivity index (χ4n) is 0.648. The highest BCUT2D eigenvalue weighted by molar-refractivity contribution is 7.99. The molecule has 0 bridgehead atoms. The quantitative estimate of drug-likeness (QED) is 0.629. The first kappa shape index (κ1) is 12.0. The molecule has 0 aliphatic rings. The van der Waals surface area contributed by atoms with Crippen LogP contribution in [0.1, 0.15) is 41.5 Å². The minimum Gasteiger partial charge on any atom is -0.252 e. The highest BCUT2D eigenvalue weighted by atomic mass is 32.2. The lowest BCUT2D eigenvalue weighted by atomic mass is 10.1. The van der Waals surface area contributed by atoms with Crippen LogP contribution in [0.3, 0.4) is 0 Å². The molecule has 0 spiro atoms. The van der Waals surface area contributed by atoms with Crippen LogP contribution >= 0.6 is 0 Å². The first-order valence-corrected chi connectivity index (χ1v) is 5.84. The van der Waals surface area contributed by atoms with Gasteiger partial charge in [0.25, 0.3) is 0 Å². The monoisotopic (exact) mass is 191 g/mol. The molecule has 12 heavy (non-hydrogen) atoms. The molecule has 0 rings (SSSR count). The smallest absolute Gasteiger partial charge is 0.0428 e. The van der Waals surface area contributed by atoms with Crippen molar-refractivity contribution >= 4 is 15.6 Å². The van der Waals surface area contributed by atoms with Gasteiger partial charge in [-0.25, -0.2) is 4.72 Å². The fraction of sp³-hybridized carbons (Fsp3) is 0.889. The van der Waals surface area contributed by atoms with E-state index in [1.807, 2.05) is 41.5 Å². The second kappa shape index (κ2) is 3.04. The summed E-state index contributed by atoms with van der Waals surface area (Å²) in [7, 11) is -2.21. The lowest BCUT2D eigenvalue weighted by molar-refractivity contribution is 0.508. The van der Waals surface area contributed by atoms with E-state index in [1.54, 1.807) is 0 Å². The van der Waals surface area contributed by atoms with E-state index in [0.29, 0.717) is 0 Å². The van der Waals surface area contributed by atoms with Crippen LogP contribution in [0.2, 0.25) is 0 Å². The summed E-state index contributed by atoms with van der Waals surface area (Å²) in [5.41, 5.74) is -0.147. The minimum absolute atomic E-state index is 0.147. The van der Waals surface area contributed by atoms with Crippen LogP contribution in [0, 0.1) is 0 Å². The van der Waals surface area contributed by atoms with E-state index in [4.69, 9.17) is 0 Å². The summed E-state index contributed by atoms with van der Waals surface area (Å²) in [5.74, 6) is 3.74. The van der Waals surface area contributed by atoms with E-state index in [9.17, 15) is 4.21 Å². The number of nitrogens with one attached hydrogen (secondary N) is 1. The molecule has 1 unspecified atom stereocenters. The second-order valence-electron chi connectivity index (χ2n) is 5.14. The van der Waals surface area contributed by atoms with Crippen LogP contribution in [-0.2, 0) is 9.71 Å². The summed E-state index contributed by atoms with van der Waals surface area (Å²) in [6.07, 6.45) is 0. The molecule has 0 saturated carbocycles. The van der Waals surface area contributed by atoms with Gasteiger partial charge in [0.15, 0.2) is 0 Å². The molecule has 0 heterocycles. The van der Waals surface area contributed by atoms with Crippen molar-refractivity contribution in [1.29, 1.82) is 0 Å². The Kier molecular flexibility index (Phi) is 3.03. The van der Waals surface area contributed by atoms with Gasteiger partial charge in [0.1, 0.15) is 0 Å². The molecule has 1 N–H and O–H groups in total. The van der Waals surface area contributed by atoms with Crippen molar-refractivity contribution in [2.45, 2.75) is 51.8 Å². The van der Waals surface area contributed by atoms with Crippen LogP contribution in [0.15, 0.2) is 0 Å². The zero-order valence-corrected chi connectivity index (χ0v) is 9.84. The van der Waals surface area contributed by atoms with E-state index in [1.165, 1.54) is 0 Å². The SMILES string of the molecule is C=S(=O)(NC(C)(C)C)C(C)(C)C. The molecule has 0 aromatic rings. The maximum atomic E-state index is 12.0. The molecule has 74 valence electrons. The Hall–Kier alpha value is -0.0200. The van der Waals surface area contributed by atoms with Gasteiger partial charge >= 0.3 is 0 Å². The van der Waals surface area contributed by atoms with E-state index in [0.717, 1.165) is 0 Å².